The highest BCUT2D eigenvalue weighted by molar-refractivity contribution is 6.32. The zero-order valence-electron chi connectivity index (χ0n) is 25.9. The van der Waals surface area contributed by atoms with Crippen LogP contribution < -0.4 is 9.47 Å². The van der Waals surface area contributed by atoms with E-state index >= 15 is 0 Å². The van der Waals surface area contributed by atoms with Gasteiger partial charge in [0, 0.05) is 53.9 Å². The third-order valence-electron chi connectivity index (χ3n) is 8.62. The van der Waals surface area contributed by atoms with Crippen LogP contribution >= 0.6 is 11.6 Å². The van der Waals surface area contributed by atoms with Gasteiger partial charge in [0.1, 0.15) is 0 Å². The number of nitro groups is 1. The summed E-state index contributed by atoms with van der Waals surface area (Å²) in [6, 6.07) is 5.01. The van der Waals surface area contributed by atoms with Crippen LogP contribution in [0.3, 0.4) is 0 Å². The third kappa shape index (κ3) is 5.94. The molecule has 2 aromatic rings. The van der Waals surface area contributed by atoms with Crippen LogP contribution in [0.25, 0.3) is 0 Å². The average molecular weight is 647 g/mol. The Kier molecular flexibility index (Phi) is 8.09. The Bertz CT molecular complexity index is 1640. The normalized spacial score (nSPS) is 19.8. The number of carbonyl (C=O) groups is 2. The summed E-state index contributed by atoms with van der Waals surface area (Å²) in [5.41, 5.74) is 0.640. The number of halogens is 4. The van der Waals surface area contributed by atoms with Crippen LogP contribution in [0.4, 0.5) is 18.9 Å². The van der Waals surface area contributed by atoms with Gasteiger partial charge >= 0.3 is 11.9 Å². The molecule has 0 fully saturated rings. The maximum atomic E-state index is 13.9. The monoisotopic (exact) mass is 646 g/mol. The first-order valence-electron chi connectivity index (χ1n) is 14.6. The third-order valence-corrected chi connectivity index (χ3v) is 8.90. The molecule has 2 aromatic carbocycles. The number of alkyl halides is 3. The lowest BCUT2D eigenvalue weighted by molar-refractivity contribution is -0.385. The molecule has 3 aliphatic rings. The van der Waals surface area contributed by atoms with E-state index in [1.165, 1.54) is 13.2 Å². The molecule has 12 heteroatoms. The molecule has 8 nitrogen and oxygen atoms in total. The minimum Gasteiger partial charge on any atom is -0.493 e. The smallest absolute Gasteiger partial charge is 0.416 e. The van der Waals surface area contributed by atoms with Gasteiger partial charge in [0.15, 0.2) is 23.1 Å². The molecule has 0 amide bonds. The SMILES string of the molecule is CCN1C2=C(C(=O)CC(C)(C)C2)C(c2cc(Cl)c(Oc3ccc(C(F)(F)F)cc3[N+](=O)[O-])c(OC)c2)C2=C1CC(C)(C)CC2=O. The van der Waals surface area contributed by atoms with E-state index in [9.17, 15) is 32.9 Å². The Labute approximate surface area is 264 Å². The number of hydrogen-bond acceptors (Lipinski definition) is 7. The van der Waals surface area contributed by atoms with Crippen LogP contribution in [0.15, 0.2) is 52.9 Å². The van der Waals surface area contributed by atoms with Crippen LogP contribution in [-0.4, -0.2) is 35.0 Å². The van der Waals surface area contributed by atoms with Gasteiger partial charge in [0.2, 0.25) is 5.75 Å². The van der Waals surface area contributed by atoms with Gasteiger partial charge in [-0.2, -0.15) is 13.2 Å². The number of ether oxygens (including phenoxy) is 2. The standard InChI is InChI=1S/C33H34ClF3N2O6/c1-7-38-21-13-31(2,3)15-23(40)28(21)27(29-22(38)14-32(4,5)16-24(29)41)17-10-19(34)30(26(11-17)44-6)45-25-9-8-18(33(35,36)37)12-20(25)39(42)43/h8-12,27H,7,13-16H2,1-6H3. The second kappa shape index (κ2) is 11.2. The first-order chi connectivity index (χ1) is 20.9. The minimum absolute atomic E-state index is 0.0288. The average Bonchev–Trinajstić information content (AvgIpc) is 2.91. The highest BCUT2D eigenvalue weighted by Gasteiger charge is 2.49. The Hall–Kier alpha value is -3.86. The van der Waals surface area contributed by atoms with Gasteiger partial charge in [-0.05, 0) is 60.4 Å². The Balaban J connectivity index is 1.68. The Morgan fingerprint density at radius 2 is 1.51 bits per heavy atom. The number of benzene rings is 2. The molecular formula is C33H34ClF3N2O6. The zero-order chi connectivity index (χ0) is 33.2. The van der Waals surface area contributed by atoms with E-state index in [2.05, 4.69) is 4.90 Å². The van der Waals surface area contributed by atoms with E-state index < -0.39 is 34.0 Å². The Morgan fingerprint density at radius 3 is 1.98 bits per heavy atom. The van der Waals surface area contributed by atoms with Crippen molar-refractivity contribution in [3.05, 3.63) is 79.1 Å². The second-order valence-electron chi connectivity index (χ2n) is 13.4. The lowest BCUT2D eigenvalue weighted by Gasteiger charge is -2.49. The first-order valence-corrected chi connectivity index (χ1v) is 15.0. The quantitative estimate of drug-likeness (QED) is 0.228. The lowest BCUT2D eigenvalue weighted by atomic mass is 9.63. The number of carbonyl (C=O) groups excluding carboxylic acids is 2. The largest absolute Gasteiger partial charge is 0.493 e. The van der Waals surface area contributed by atoms with Gasteiger partial charge in [0.05, 0.1) is 22.6 Å². The van der Waals surface area contributed by atoms with E-state index in [0.717, 1.165) is 17.5 Å². The van der Waals surface area contributed by atoms with Crippen molar-refractivity contribution in [3.63, 3.8) is 0 Å². The van der Waals surface area contributed by atoms with Crippen molar-refractivity contribution in [1.82, 2.24) is 4.90 Å². The highest BCUT2D eigenvalue weighted by Crippen LogP contribution is 2.55. The van der Waals surface area contributed by atoms with Gasteiger partial charge in [-0.15, -0.1) is 0 Å². The lowest BCUT2D eigenvalue weighted by Crippen LogP contribution is -2.44. The van der Waals surface area contributed by atoms with Gasteiger partial charge in [-0.3, -0.25) is 19.7 Å². The molecule has 0 atom stereocenters. The molecule has 240 valence electrons. The van der Waals surface area contributed by atoms with Crippen molar-refractivity contribution in [2.45, 2.75) is 72.4 Å². The molecule has 0 N–H and O–H groups in total. The van der Waals surface area contributed by atoms with Crippen molar-refractivity contribution < 1.29 is 37.2 Å². The van der Waals surface area contributed by atoms with Crippen LogP contribution in [0.1, 0.15) is 77.3 Å². The number of Topliss-reactive ketones (excluding diaryl/α,β-unsaturated/α-hetero) is 2. The molecular weight excluding hydrogens is 613 g/mol. The van der Waals surface area contributed by atoms with Crippen molar-refractivity contribution >= 4 is 28.9 Å². The number of nitrogens with zero attached hydrogens (tertiary/aromatic N) is 2. The van der Waals surface area contributed by atoms with Crippen LogP contribution in [0, 0.1) is 20.9 Å². The molecule has 5 rings (SSSR count). The van der Waals surface area contributed by atoms with Crippen molar-refractivity contribution in [2.75, 3.05) is 13.7 Å². The number of nitro benzene ring substituents is 1. The number of allylic oxidation sites excluding steroid dienone is 4. The summed E-state index contributed by atoms with van der Waals surface area (Å²) in [6.07, 6.45) is -2.94. The molecule has 45 heavy (non-hydrogen) atoms. The van der Waals surface area contributed by atoms with Crippen LogP contribution in [-0.2, 0) is 15.8 Å². The predicted octanol–water partition coefficient (Wildman–Crippen LogP) is 8.77. The molecule has 1 aliphatic heterocycles. The highest BCUT2D eigenvalue weighted by atomic mass is 35.5. The predicted molar refractivity (Wildman–Crippen MR) is 161 cm³/mol. The van der Waals surface area contributed by atoms with Gasteiger partial charge < -0.3 is 14.4 Å². The van der Waals surface area contributed by atoms with Gasteiger partial charge in [-0.25, -0.2) is 0 Å². The minimum atomic E-state index is -4.80. The topological polar surface area (TPSA) is 99.0 Å². The fraction of sp³-hybridized carbons (Fsp3) is 0.455. The van der Waals surface area contributed by atoms with E-state index in [1.807, 2.05) is 34.6 Å². The molecule has 1 heterocycles. The summed E-state index contributed by atoms with van der Waals surface area (Å²) in [5, 5.41) is 11.6. The van der Waals surface area contributed by atoms with Crippen LogP contribution in [0.2, 0.25) is 5.02 Å². The van der Waals surface area contributed by atoms with Crippen molar-refractivity contribution in [2.24, 2.45) is 10.8 Å². The van der Waals surface area contributed by atoms with Gasteiger partial charge in [-0.1, -0.05) is 39.3 Å². The fourth-order valence-corrected chi connectivity index (χ4v) is 7.06. The Morgan fingerprint density at radius 1 is 0.956 bits per heavy atom. The maximum absolute atomic E-state index is 13.9. The zero-order valence-corrected chi connectivity index (χ0v) is 26.6. The fourth-order valence-electron chi connectivity index (χ4n) is 6.80. The second-order valence-corrected chi connectivity index (χ2v) is 13.8. The molecule has 2 aliphatic carbocycles. The summed E-state index contributed by atoms with van der Waals surface area (Å²) < 4.78 is 51.1. The first kappa shape index (κ1) is 32.5. The summed E-state index contributed by atoms with van der Waals surface area (Å²) >= 11 is 6.72. The van der Waals surface area contributed by atoms with Crippen LogP contribution in [0.5, 0.6) is 17.2 Å². The number of ketones is 2. The molecule has 0 unspecified atom stereocenters. The summed E-state index contributed by atoms with van der Waals surface area (Å²) in [4.78, 5) is 40.6. The van der Waals surface area contributed by atoms with E-state index in [4.69, 9.17) is 21.1 Å². The number of rotatable bonds is 6. The van der Waals surface area contributed by atoms with Crippen molar-refractivity contribution in [3.8, 4) is 17.2 Å². The van der Waals surface area contributed by atoms with Gasteiger partial charge in [0.25, 0.3) is 0 Å². The van der Waals surface area contributed by atoms with E-state index in [0.29, 0.717) is 61.1 Å². The molecule has 0 spiro atoms. The maximum Gasteiger partial charge on any atom is 0.416 e. The molecule has 0 bridgehead atoms. The van der Waals surface area contributed by atoms with Crippen molar-refractivity contribution in [1.29, 1.82) is 0 Å². The molecule has 0 saturated heterocycles. The van der Waals surface area contributed by atoms with E-state index in [-0.39, 0.29) is 38.9 Å². The number of hydrogen-bond donors (Lipinski definition) is 0. The van der Waals surface area contributed by atoms with E-state index in [1.54, 1.807) is 6.07 Å². The summed E-state index contributed by atoms with van der Waals surface area (Å²) in [5.74, 6) is -1.46. The summed E-state index contributed by atoms with van der Waals surface area (Å²) in [7, 11) is 1.32. The summed E-state index contributed by atoms with van der Waals surface area (Å²) in [6.45, 7) is 10.8. The molecule has 0 saturated carbocycles. The molecule has 0 radical (unpaired) electrons. The molecule has 0 aromatic heterocycles. The number of methoxy groups -OCH3 is 1.